The molecule has 1 N–H and O–H groups in total. The number of rotatable bonds is 3. The molecule has 0 aliphatic carbocycles. The van der Waals surface area contributed by atoms with Crippen LogP contribution >= 0.6 is 0 Å². The van der Waals surface area contributed by atoms with Gasteiger partial charge in [0, 0.05) is 12.1 Å². The van der Waals surface area contributed by atoms with Crippen molar-refractivity contribution >= 4 is 10.9 Å². The maximum atomic E-state index is 13.7. The quantitative estimate of drug-likeness (QED) is 0.765. The highest BCUT2D eigenvalue weighted by Crippen LogP contribution is 2.23. The van der Waals surface area contributed by atoms with Crippen LogP contribution in [0.2, 0.25) is 0 Å². The number of nitrogens with zero attached hydrogens (tertiary/aromatic N) is 1. The van der Waals surface area contributed by atoms with Crippen molar-refractivity contribution in [2.45, 2.75) is 6.61 Å². The zero-order valence-electron chi connectivity index (χ0n) is 9.56. The molecule has 18 heavy (non-hydrogen) atoms. The number of aromatic amines is 1. The first kappa shape index (κ1) is 10.8. The van der Waals surface area contributed by atoms with Gasteiger partial charge in [-0.05, 0) is 5.56 Å². The Morgan fingerprint density at radius 1 is 1.17 bits per heavy atom. The first-order chi connectivity index (χ1) is 8.83. The van der Waals surface area contributed by atoms with E-state index in [1.165, 1.54) is 12.3 Å². The van der Waals surface area contributed by atoms with Crippen molar-refractivity contribution in [2.24, 2.45) is 0 Å². The van der Waals surface area contributed by atoms with Crippen LogP contribution in [0.1, 0.15) is 5.56 Å². The summed E-state index contributed by atoms with van der Waals surface area (Å²) >= 11 is 0. The van der Waals surface area contributed by atoms with Gasteiger partial charge in [-0.3, -0.25) is 5.10 Å². The van der Waals surface area contributed by atoms with E-state index >= 15 is 0 Å². The van der Waals surface area contributed by atoms with Crippen LogP contribution in [0.15, 0.2) is 48.7 Å². The molecule has 0 saturated heterocycles. The molecule has 1 aromatic heterocycles. The van der Waals surface area contributed by atoms with Crippen LogP contribution in [0.25, 0.3) is 10.9 Å². The Morgan fingerprint density at radius 3 is 2.83 bits per heavy atom. The van der Waals surface area contributed by atoms with Gasteiger partial charge in [-0.25, -0.2) is 4.39 Å². The average molecular weight is 242 g/mol. The molecule has 0 fully saturated rings. The van der Waals surface area contributed by atoms with E-state index in [0.717, 1.165) is 5.56 Å². The monoisotopic (exact) mass is 242 g/mol. The molecule has 1 heterocycles. The second-order valence-corrected chi connectivity index (χ2v) is 4.01. The Balaban J connectivity index is 1.82. The van der Waals surface area contributed by atoms with Crippen molar-refractivity contribution in [3.63, 3.8) is 0 Å². The highest BCUT2D eigenvalue weighted by Gasteiger charge is 2.06. The lowest BCUT2D eigenvalue weighted by Crippen LogP contribution is -1.95. The van der Waals surface area contributed by atoms with Crippen molar-refractivity contribution in [1.29, 1.82) is 0 Å². The van der Waals surface area contributed by atoms with Crippen LogP contribution < -0.4 is 4.74 Å². The maximum Gasteiger partial charge on any atom is 0.137 e. The molecule has 0 unspecified atom stereocenters. The van der Waals surface area contributed by atoms with Crippen LogP contribution in [0.3, 0.4) is 0 Å². The van der Waals surface area contributed by atoms with Crippen LogP contribution in [0, 0.1) is 5.82 Å². The Hall–Kier alpha value is -2.36. The molecule has 90 valence electrons. The molecule has 3 nitrogen and oxygen atoms in total. The second-order valence-electron chi connectivity index (χ2n) is 4.01. The van der Waals surface area contributed by atoms with Gasteiger partial charge in [0.25, 0.3) is 0 Å². The van der Waals surface area contributed by atoms with Crippen LogP contribution in [-0.4, -0.2) is 10.2 Å². The van der Waals surface area contributed by atoms with E-state index < -0.39 is 0 Å². The molecule has 0 saturated carbocycles. The van der Waals surface area contributed by atoms with Gasteiger partial charge in [-0.15, -0.1) is 0 Å². The largest absolute Gasteiger partial charge is 0.489 e. The molecule has 3 aromatic rings. The van der Waals surface area contributed by atoms with Gasteiger partial charge in [0.2, 0.25) is 0 Å². The van der Waals surface area contributed by atoms with Gasteiger partial charge in [0.15, 0.2) is 0 Å². The number of nitrogens with one attached hydrogen (secondary N) is 1. The predicted octanol–water partition coefficient (Wildman–Crippen LogP) is 3.28. The number of halogens is 1. The average Bonchev–Trinajstić information content (AvgIpc) is 2.86. The number of benzene rings is 2. The topological polar surface area (TPSA) is 37.9 Å². The zero-order valence-corrected chi connectivity index (χ0v) is 9.56. The SMILES string of the molecule is Fc1cc(OCc2ccccc2)cc2[nH]ncc12. The number of hydrogen-bond donors (Lipinski definition) is 1. The summed E-state index contributed by atoms with van der Waals surface area (Å²) < 4.78 is 19.2. The van der Waals surface area contributed by atoms with Crippen molar-refractivity contribution in [3.05, 3.63) is 60.0 Å². The molecule has 2 aromatic carbocycles. The lowest BCUT2D eigenvalue weighted by Gasteiger charge is -2.06. The van der Waals surface area contributed by atoms with Gasteiger partial charge < -0.3 is 4.74 Å². The summed E-state index contributed by atoms with van der Waals surface area (Å²) in [5.41, 5.74) is 1.68. The van der Waals surface area contributed by atoms with E-state index in [2.05, 4.69) is 10.2 Å². The second kappa shape index (κ2) is 4.49. The van der Waals surface area contributed by atoms with Gasteiger partial charge in [-0.1, -0.05) is 30.3 Å². The summed E-state index contributed by atoms with van der Waals surface area (Å²) in [5, 5.41) is 7.00. The highest BCUT2D eigenvalue weighted by molar-refractivity contribution is 5.80. The smallest absolute Gasteiger partial charge is 0.137 e. The molecule has 0 spiro atoms. The first-order valence-electron chi connectivity index (χ1n) is 5.62. The van der Waals surface area contributed by atoms with E-state index in [0.29, 0.717) is 23.3 Å². The lowest BCUT2D eigenvalue weighted by atomic mass is 10.2. The predicted molar refractivity (Wildman–Crippen MR) is 66.8 cm³/mol. The molecule has 0 bridgehead atoms. The summed E-state index contributed by atoms with van der Waals surface area (Å²) in [6.45, 7) is 0.417. The Bertz CT molecular complexity index is 664. The Morgan fingerprint density at radius 2 is 2.00 bits per heavy atom. The normalized spacial score (nSPS) is 10.7. The third-order valence-electron chi connectivity index (χ3n) is 2.73. The van der Waals surface area contributed by atoms with Crippen molar-refractivity contribution in [1.82, 2.24) is 10.2 Å². The molecular formula is C14H11FN2O. The van der Waals surface area contributed by atoms with E-state index in [-0.39, 0.29) is 5.82 Å². The van der Waals surface area contributed by atoms with Crippen molar-refractivity contribution < 1.29 is 9.13 Å². The number of ether oxygens (including phenoxy) is 1. The van der Waals surface area contributed by atoms with E-state index in [1.54, 1.807) is 6.07 Å². The van der Waals surface area contributed by atoms with Gasteiger partial charge in [-0.2, -0.15) is 5.10 Å². The Labute approximate surface area is 103 Å². The molecular weight excluding hydrogens is 231 g/mol. The molecule has 0 radical (unpaired) electrons. The number of hydrogen-bond acceptors (Lipinski definition) is 2. The summed E-state index contributed by atoms with van der Waals surface area (Å²) in [4.78, 5) is 0. The molecule has 0 aliphatic rings. The lowest BCUT2D eigenvalue weighted by molar-refractivity contribution is 0.305. The van der Waals surface area contributed by atoms with E-state index in [9.17, 15) is 4.39 Å². The van der Waals surface area contributed by atoms with Gasteiger partial charge >= 0.3 is 0 Å². The molecule has 0 amide bonds. The van der Waals surface area contributed by atoms with Gasteiger partial charge in [0.1, 0.15) is 18.2 Å². The number of fused-ring (bicyclic) bond motifs is 1. The fraction of sp³-hybridized carbons (Fsp3) is 0.0714. The van der Waals surface area contributed by atoms with E-state index in [4.69, 9.17) is 4.74 Å². The number of aromatic nitrogens is 2. The minimum atomic E-state index is -0.329. The summed E-state index contributed by atoms with van der Waals surface area (Å²) in [7, 11) is 0. The highest BCUT2D eigenvalue weighted by atomic mass is 19.1. The molecule has 0 atom stereocenters. The van der Waals surface area contributed by atoms with Gasteiger partial charge in [0.05, 0.1) is 17.1 Å². The summed E-state index contributed by atoms with van der Waals surface area (Å²) in [6, 6.07) is 12.9. The minimum absolute atomic E-state index is 0.329. The maximum absolute atomic E-state index is 13.7. The van der Waals surface area contributed by atoms with Crippen molar-refractivity contribution in [2.75, 3.05) is 0 Å². The summed E-state index contributed by atoms with van der Waals surface area (Å²) in [6.07, 6.45) is 1.46. The standard InChI is InChI=1S/C14H11FN2O/c15-13-6-11(7-14-12(13)8-16-17-14)18-9-10-4-2-1-3-5-10/h1-8H,9H2,(H,16,17). The first-order valence-corrected chi connectivity index (χ1v) is 5.62. The van der Waals surface area contributed by atoms with E-state index in [1.807, 2.05) is 30.3 Å². The Kier molecular flexibility index (Phi) is 2.68. The van der Waals surface area contributed by atoms with Crippen LogP contribution in [0.5, 0.6) is 5.75 Å². The minimum Gasteiger partial charge on any atom is -0.489 e. The molecule has 0 aliphatic heterocycles. The molecule has 3 rings (SSSR count). The molecule has 4 heteroatoms. The third-order valence-corrected chi connectivity index (χ3v) is 2.73. The summed E-state index contributed by atoms with van der Waals surface area (Å²) in [5.74, 6) is 0.164. The zero-order chi connectivity index (χ0) is 12.4. The number of H-pyrrole nitrogens is 1. The van der Waals surface area contributed by atoms with Crippen LogP contribution in [0.4, 0.5) is 4.39 Å². The van der Waals surface area contributed by atoms with Crippen LogP contribution in [-0.2, 0) is 6.61 Å². The third kappa shape index (κ3) is 2.05. The van der Waals surface area contributed by atoms with Crippen molar-refractivity contribution in [3.8, 4) is 5.75 Å². The fourth-order valence-corrected chi connectivity index (χ4v) is 1.81. The fourth-order valence-electron chi connectivity index (χ4n) is 1.81.